The third-order valence-corrected chi connectivity index (χ3v) is 7.39. The van der Waals surface area contributed by atoms with Gasteiger partial charge in [0.25, 0.3) is 5.56 Å². The summed E-state index contributed by atoms with van der Waals surface area (Å²) >= 11 is 2.94. The highest BCUT2D eigenvalue weighted by molar-refractivity contribution is 7.98. The molecule has 1 aromatic heterocycles. The lowest BCUT2D eigenvalue weighted by Gasteiger charge is -2.26. The summed E-state index contributed by atoms with van der Waals surface area (Å²) in [6, 6.07) is 12.5. The van der Waals surface area contributed by atoms with Crippen LogP contribution in [0.1, 0.15) is 31.0 Å². The average Bonchev–Trinajstić information content (AvgIpc) is 3.17. The van der Waals surface area contributed by atoms with Gasteiger partial charge in [-0.3, -0.25) is 9.36 Å². The molecule has 0 N–H and O–H groups in total. The van der Waals surface area contributed by atoms with Crippen molar-refractivity contribution in [3.63, 3.8) is 0 Å². The van der Waals surface area contributed by atoms with Crippen LogP contribution in [0.15, 0.2) is 68.4 Å². The van der Waals surface area contributed by atoms with Gasteiger partial charge in [-0.15, -0.1) is 11.8 Å². The summed E-state index contributed by atoms with van der Waals surface area (Å²) in [5, 5.41) is 0. The lowest BCUT2D eigenvalue weighted by molar-refractivity contribution is -0.139. The van der Waals surface area contributed by atoms with Crippen molar-refractivity contribution < 1.29 is 19.0 Å². The molecule has 0 amide bonds. The Bertz CT molecular complexity index is 1470. The van der Waals surface area contributed by atoms with Gasteiger partial charge in [0.1, 0.15) is 17.5 Å². The summed E-state index contributed by atoms with van der Waals surface area (Å²) in [5.41, 5.74) is 2.06. The van der Waals surface area contributed by atoms with E-state index >= 15 is 0 Å². The zero-order chi connectivity index (χ0) is 25.1. The van der Waals surface area contributed by atoms with Gasteiger partial charge >= 0.3 is 5.97 Å². The molecule has 0 saturated carbocycles. The maximum absolute atomic E-state index is 13.7. The van der Waals surface area contributed by atoms with Crippen LogP contribution in [0.5, 0.6) is 11.5 Å². The van der Waals surface area contributed by atoms with Crippen molar-refractivity contribution in [3.8, 4) is 11.5 Å². The summed E-state index contributed by atoms with van der Waals surface area (Å²) in [6.45, 7) is 3.70. The number of thiazole rings is 1. The van der Waals surface area contributed by atoms with E-state index < -0.39 is 12.0 Å². The molecule has 0 spiro atoms. The minimum Gasteiger partial charge on any atom is -0.497 e. The fourth-order valence-electron chi connectivity index (χ4n) is 3.99. The van der Waals surface area contributed by atoms with Gasteiger partial charge in [0, 0.05) is 10.5 Å². The second-order valence-corrected chi connectivity index (χ2v) is 9.57. The number of rotatable bonds is 7. The van der Waals surface area contributed by atoms with Crippen molar-refractivity contribution in [2.45, 2.75) is 24.8 Å². The Morgan fingerprint density at radius 1 is 1.17 bits per heavy atom. The highest BCUT2D eigenvalue weighted by Crippen LogP contribution is 2.37. The van der Waals surface area contributed by atoms with E-state index in [4.69, 9.17) is 14.2 Å². The van der Waals surface area contributed by atoms with Crippen LogP contribution in [-0.4, -0.2) is 37.6 Å². The number of benzene rings is 2. The number of allylic oxidation sites excluding steroid dienone is 1. The first-order valence-electron chi connectivity index (χ1n) is 11.0. The molecule has 1 unspecified atom stereocenters. The molecule has 0 saturated heterocycles. The third-order valence-electron chi connectivity index (χ3n) is 5.66. The molecule has 0 fully saturated rings. The van der Waals surface area contributed by atoms with E-state index in [1.54, 1.807) is 62.6 Å². The molecule has 2 heterocycles. The monoisotopic (exact) mass is 510 g/mol. The van der Waals surface area contributed by atoms with Crippen LogP contribution < -0.4 is 24.4 Å². The van der Waals surface area contributed by atoms with Gasteiger partial charge in [-0.05, 0) is 62.1 Å². The maximum Gasteiger partial charge on any atom is 0.338 e. The number of carbonyl (C=O) groups excluding carboxylic acids is 1. The molecule has 182 valence electrons. The van der Waals surface area contributed by atoms with E-state index in [1.807, 2.05) is 36.6 Å². The molecule has 0 aliphatic carbocycles. The lowest BCUT2D eigenvalue weighted by atomic mass is 9.94. The molecule has 7 nitrogen and oxygen atoms in total. The van der Waals surface area contributed by atoms with Crippen LogP contribution in [-0.2, 0) is 9.53 Å². The van der Waals surface area contributed by atoms with Crippen molar-refractivity contribution in [2.24, 2.45) is 4.99 Å². The van der Waals surface area contributed by atoms with E-state index in [9.17, 15) is 9.59 Å². The Morgan fingerprint density at radius 3 is 2.54 bits per heavy atom. The fourth-order valence-corrected chi connectivity index (χ4v) is 5.45. The molecular weight excluding hydrogens is 484 g/mol. The Labute approximate surface area is 211 Å². The molecule has 9 heteroatoms. The molecule has 0 radical (unpaired) electrons. The van der Waals surface area contributed by atoms with E-state index in [2.05, 4.69) is 4.99 Å². The number of carbonyl (C=O) groups is 1. The van der Waals surface area contributed by atoms with Gasteiger partial charge in [-0.25, -0.2) is 9.79 Å². The highest BCUT2D eigenvalue weighted by Gasteiger charge is 2.35. The summed E-state index contributed by atoms with van der Waals surface area (Å²) in [6.07, 6.45) is 3.86. The largest absolute Gasteiger partial charge is 0.497 e. The first-order valence-corrected chi connectivity index (χ1v) is 13.0. The van der Waals surface area contributed by atoms with E-state index in [-0.39, 0.29) is 12.2 Å². The third kappa shape index (κ3) is 4.78. The molecular formula is C26H26N2O5S2. The first-order chi connectivity index (χ1) is 16.9. The SMILES string of the molecule is CCOC(=O)C1=C(C)N=c2s/c(=C/c3ccc(SC)cc3)c(=O)n2C1c1cc(OC)ccc1OC. The molecule has 1 aliphatic heterocycles. The van der Waals surface area contributed by atoms with Crippen LogP contribution >= 0.6 is 23.1 Å². The minimum atomic E-state index is -0.781. The zero-order valence-electron chi connectivity index (χ0n) is 20.2. The number of esters is 1. The molecule has 2 aromatic carbocycles. The quantitative estimate of drug-likeness (QED) is 0.357. The van der Waals surface area contributed by atoms with Crippen molar-refractivity contribution in [2.75, 3.05) is 27.1 Å². The van der Waals surface area contributed by atoms with Crippen LogP contribution in [0.25, 0.3) is 6.08 Å². The number of thioether (sulfide) groups is 1. The maximum atomic E-state index is 13.7. The number of fused-ring (bicyclic) bond motifs is 1. The molecule has 1 atom stereocenters. The van der Waals surface area contributed by atoms with Crippen LogP contribution in [0.3, 0.4) is 0 Å². The second kappa shape index (κ2) is 10.5. The molecule has 0 bridgehead atoms. The molecule has 1 aliphatic rings. The summed E-state index contributed by atoms with van der Waals surface area (Å²) in [5.74, 6) is 0.578. The minimum absolute atomic E-state index is 0.202. The Kier molecular flexibility index (Phi) is 7.47. The predicted octanol–water partition coefficient (Wildman–Crippen LogP) is 3.54. The number of nitrogens with zero attached hydrogens (tertiary/aromatic N) is 2. The van der Waals surface area contributed by atoms with Gasteiger partial charge in [-0.1, -0.05) is 23.5 Å². The fraction of sp³-hybridized carbons (Fsp3) is 0.269. The number of hydrogen-bond donors (Lipinski definition) is 0. The van der Waals surface area contributed by atoms with Gasteiger partial charge in [0.15, 0.2) is 4.80 Å². The van der Waals surface area contributed by atoms with Gasteiger partial charge in [0.05, 0.1) is 36.6 Å². The smallest absolute Gasteiger partial charge is 0.338 e. The van der Waals surface area contributed by atoms with Gasteiger partial charge < -0.3 is 14.2 Å². The predicted molar refractivity (Wildman–Crippen MR) is 138 cm³/mol. The second-order valence-electron chi connectivity index (χ2n) is 7.68. The lowest BCUT2D eigenvalue weighted by Crippen LogP contribution is -2.40. The van der Waals surface area contributed by atoms with E-state index in [0.29, 0.717) is 37.7 Å². The first kappa shape index (κ1) is 24.8. The summed E-state index contributed by atoms with van der Waals surface area (Å²) in [4.78, 5) is 33.1. The van der Waals surface area contributed by atoms with Crippen molar-refractivity contribution in [1.82, 2.24) is 4.57 Å². The summed E-state index contributed by atoms with van der Waals surface area (Å²) < 4.78 is 18.5. The van der Waals surface area contributed by atoms with Crippen molar-refractivity contribution in [3.05, 3.63) is 84.5 Å². The van der Waals surface area contributed by atoms with Crippen molar-refractivity contribution in [1.29, 1.82) is 0 Å². The van der Waals surface area contributed by atoms with E-state index in [0.717, 1.165) is 10.5 Å². The molecule has 3 aromatic rings. The van der Waals surface area contributed by atoms with Gasteiger partial charge in [0.2, 0.25) is 0 Å². The molecule has 35 heavy (non-hydrogen) atoms. The van der Waals surface area contributed by atoms with E-state index in [1.165, 1.54) is 11.3 Å². The van der Waals surface area contributed by atoms with Crippen LogP contribution in [0, 0.1) is 0 Å². The van der Waals surface area contributed by atoms with Gasteiger partial charge in [-0.2, -0.15) is 0 Å². The topological polar surface area (TPSA) is 79.1 Å². The normalized spacial score (nSPS) is 15.5. The average molecular weight is 511 g/mol. The molecule has 4 rings (SSSR count). The number of methoxy groups -OCH3 is 2. The number of aromatic nitrogens is 1. The summed E-state index contributed by atoms with van der Waals surface area (Å²) in [7, 11) is 3.11. The van der Waals surface area contributed by atoms with Crippen molar-refractivity contribution >= 4 is 35.1 Å². The van der Waals surface area contributed by atoms with Crippen LogP contribution in [0.2, 0.25) is 0 Å². The number of ether oxygens (including phenoxy) is 3. The Hall–Kier alpha value is -3.30. The number of hydrogen-bond acceptors (Lipinski definition) is 8. The standard InChI is InChI=1S/C26H26N2O5S2/c1-6-33-25(30)22-15(2)27-26-28(23(22)19-14-17(31-3)9-12-20(19)32-4)24(29)21(35-26)13-16-7-10-18(34-5)11-8-16/h7-14,23H,6H2,1-5H3/b21-13+. The van der Waals surface area contributed by atoms with Crippen LogP contribution in [0.4, 0.5) is 0 Å². The zero-order valence-corrected chi connectivity index (χ0v) is 21.8. The Balaban J connectivity index is 1.98. The highest BCUT2D eigenvalue weighted by atomic mass is 32.2. The Morgan fingerprint density at radius 2 is 1.91 bits per heavy atom.